The summed E-state index contributed by atoms with van der Waals surface area (Å²) in [5, 5.41) is 2.02. The minimum Gasteiger partial charge on any atom is -0.444 e. The van der Waals surface area contributed by atoms with Crippen LogP contribution in [0.2, 0.25) is 0 Å². The highest BCUT2D eigenvalue weighted by molar-refractivity contribution is 6.03. The summed E-state index contributed by atoms with van der Waals surface area (Å²) in [5.41, 5.74) is -0.660. The molecule has 0 aliphatic heterocycles. The zero-order valence-electron chi connectivity index (χ0n) is 11.1. The van der Waals surface area contributed by atoms with Gasteiger partial charge in [-0.15, -0.1) is 0 Å². The molecule has 0 atom stereocenters. The molecular weight excluding hydrogens is 222 g/mol. The van der Waals surface area contributed by atoms with E-state index in [0.29, 0.717) is 6.42 Å². The van der Waals surface area contributed by atoms with E-state index in [1.165, 1.54) is 0 Å². The number of hydrogen-bond donors (Lipinski definition) is 1. The predicted octanol–water partition coefficient (Wildman–Crippen LogP) is 2.04. The summed E-state index contributed by atoms with van der Waals surface area (Å²) in [7, 11) is 0. The van der Waals surface area contributed by atoms with Crippen LogP contribution in [-0.4, -0.2) is 23.4 Å². The lowest BCUT2D eigenvalue weighted by molar-refractivity contribution is -0.128. The molecule has 98 valence electrons. The number of nitrogens with one attached hydrogen (secondary N) is 1. The molecule has 0 radical (unpaired) electrons. The maximum atomic E-state index is 11.3. The fourth-order valence-electron chi connectivity index (χ4n) is 1.17. The highest BCUT2D eigenvalue weighted by atomic mass is 16.6. The number of carbonyl (C=O) groups excluding carboxylic acids is 3. The number of alkyl carbamates (subject to hydrolysis) is 1. The van der Waals surface area contributed by atoms with Crippen LogP contribution in [0.4, 0.5) is 4.79 Å². The minimum absolute atomic E-state index is 0.180. The topological polar surface area (TPSA) is 72.5 Å². The van der Waals surface area contributed by atoms with E-state index in [1.54, 1.807) is 20.8 Å². The molecule has 1 N–H and O–H groups in total. The molecule has 0 rings (SSSR count). The maximum Gasteiger partial charge on any atom is 0.414 e. The van der Waals surface area contributed by atoms with Gasteiger partial charge in [-0.3, -0.25) is 14.9 Å². The van der Waals surface area contributed by atoms with Crippen molar-refractivity contribution < 1.29 is 19.1 Å². The second-order valence-corrected chi connectivity index (χ2v) is 5.36. The standard InChI is InChI=1S/C12H21NO4/c1-8(2)6-9(14)7-10(15)13-11(16)17-12(3,4)5/h8H,6-7H2,1-5H3,(H,13,15,16). The van der Waals surface area contributed by atoms with Crippen molar-refractivity contribution >= 4 is 17.8 Å². The van der Waals surface area contributed by atoms with Crippen LogP contribution in [0.3, 0.4) is 0 Å². The van der Waals surface area contributed by atoms with Gasteiger partial charge in [-0.05, 0) is 26.7 Å². The lowest BCUT2D eigenvalue weighted by Gasteiger charge is -2.19. The molecule has 0 unspecified atom stereocenters. The Kier molecular flexibility index (Phi) is 5.85. The SMILES string of the molecule is CC(C)CC(=O)CC(=O)NC(=O)OC(C)(C)C. The number of ether oxygens (including phenoxy) is 1. The summed E-state index contributed by atoms with van der Waals surface area (Å²) in [6, 6.07) is 0. The molecule has 0 bridgehead atoms. The van der Waals surface area contributed by atoms with Crippen molar-refractivity contribution in [1.82, 2.24) is 5.32 Å². The molecule has 0 aliphatic rings. The first kappa shape index (κ1) is 15.6. The summed E-state index contributed by atoms with van der Waals surface area (Å²) < 4.78 is 4.89. The van der Waals surface area contributed by atoms with Gasteiger partial charge in [-0.1, -0.05) is 13.8 Å². The number of imide groups is 1. The van der Waals surface area contributed by atoms with E-state index in [2.05, 4.69) is 0 Å². The molecule has 0 aromatic rings. The quantitative estimate of drug-likeness (QED) is 0.767. The van der Waals surface area contributed by atoms with Crippen molar-refractivity contribution in [2.24, 2.45) is 5.92 Å². The first-order chi connectivity index (χ1) is 7.60. The number of ketones is 1. The van der Waals surface area contributed by atoms with Gasteiger partial charge in [0.2, 0.25) is 5.91 Å². The van der Waals surface area contributed by atoms with Crippen LogP contribution in [0.15, 0.2) is 0 Å². The lowest BCUT2D eigenvalue weighted by atomic mass is 10.1. The van der Waals surface area contributed by atoms with Crippen molar-refractivity contribution in [2.75, 3.05) is 0 Å². The maximum absolute atomic E-state index is 11.3. The fourth-order valence-corrected chi connectivity index (χ4v) is 1.17. The summed E-state index contributed by atoms with van der Waals surface area (Å²) in [6.45, 7) is 8.87. The van der Waals surface area contributed by atoms with Crippen LogP contribution >= 0.6 is 0 Å². The van der Waals surface area contributed by atoms with Gasteiger partial charge in [0, 0.05) is 6.42 Å². The smallest absolute Gasteiger partial charge is 0.414 e. The van der Waals surface area contributed by atoms with Crippen molar-refractivity contribution in [3.63, 3.8) is 0 Å². The molecule has 0 aliphatic carbocycles. The van der Waals surface area contributed by atoms with Gasteiger partial charge >= 0.3 is 6.09 Å². The van der Waals surface area contributed by atoms with E-state index < -0.39 is 17.6 Å². The molecule has 5 nitrogen and oxygen atoms in total. The average molecular weight is 243 g/mol. The van der Waals surface area contributed by atoms with Crippen molar-refractivity contribution in [3.8, 4) is 0 Å². The van der Waals surface area contributed by atoms with Gasteiger partial charge in [0.25, 0.3) is 0 Å². The molecule has 0 spiro atoms. The fraction of sp³-hybridized carbons (Fsp3) is 0.750. The Morgan fingerprint density at radius 3 is 2.12 bits per heavy atom. The third kappa shape index (κ3) is 9.53. The van der Waals surface area contributed by atoms with Gasteiger partial charge in [-0.25, -0.2) is 4.79 Å². The Hall–Kier alpha value is -1.39. The molecular formula is C12H21NO4. The third-order valence-electron chi connectivity index (χ3n) is 1.63. The average Bonchev–Trinajstić information content (AvgIpc) is 1.95. The van der Waals surface area contributed by atoms with Gasteiger partial charge in [0.05, 0.1) is 6.42 Å². The van der Waals surface area contributed by atoms with E-state index in [1.807, 2.05) is 19.2 Å². The van der Waals surface area contributed by atoms with Gasteiger partial charge < -0.3 is 4.74 Å². The first-order valence-electron chi connectivity index (χ1n) is 5.64. The Labute approximate surface area is 102 Å². The number of carbonyl (C=O) groups is 3. The largest absolute Gasteiger partial charge is 0.444 e. The monoisotopic (exact) mass is 243 g/mol. The van der Waals surface area contributed by atoms with E-state index in [0.717, 1.165) is 0 Å². The molecule has 5 heteroatoms. The second-order valence-electron chi connectivity index (χ2n) is 5.36. The molecule has 0 saturated heterocycles. The lowest BCUT2D eigenvalue weighted by Crippen LogP contribution is -2.37. The minimum atomic E-state index is -0.820. The van der Waals surface area contributed by atoms with Gasteiger partial charge in [0.1, 0.15) is 11.4 Å². The number of amides is 2. The summed E-state index contributed by atoms with van der Waals surface area (Å²) in [4.78, 5) is 33.8. The molecule has 0 heterocycles. The Morgan fingerprint density at radius 2 is 1.71 bits per heavy atom. The van der Waals surface area contributed by atoms with Gasteiger partial charge in [0.15, 0.2) is 0 Å². The highest BCUT2D eigenvalue weighted by Gasteiger charge is 2.19. The molecule has 0 aromatic carbocycles. The van der Waals surface area contributed by atoms with E-state index in [9.17, 15) is 14.4 Å². The van der Waals surface area contributed by atoms with E-state index in [-0.39, 0.29) is 18.1 Å². The van der Waals surface area contributed by atoms with Crippen LogP contribution in [0, 0.1) is 5.92 Å². The molecule has 0 fully saturated rings. The van der Waals surface area contributed by atoms with Crippen LogP contribution in [0.25, 0.3) is 0 Å². The van der Waals surface area contributed by atoms with Crippen LogP contribution in [0.5, 0.6) is 0 Å². The predicted molar refractivity (Wildman–Crippen MR) is 63.5 cm³/mol. The van der Waals surface area contributed by atoms with E-state index >= 15 is 0 Å². The van der Waals surface area contributed by atoms with Crippen molar-refractivity contribution in [2.45, 2.75) is 53.1 Å². The number of Topliss-reactive ketones (excluding diaryl/α,β-unsaturated/α-hetero) is 1. The summed E-state index contributed by atoms with van der Waals surface area (Å²) >= 11 is 0. The molecule has 0 aromatic heterocycles. The molecule has 2 amide bonds. The molecule has 0 saturated carbocycles. The van der Waals surface area contributed by atoms with Crippen LogP contribution in [0.1, 0.15) is 47.5 Å². The zero-order chi connectivity index (χ0) is 13.6. The number of hydrogen-bond acceptors (Lipinski definition) is 4. The zero-order valence-corrected chi connectivity index (χ0v) is 11.1. The highest BCUT2D eigenvalue weighted by Crippen LogP contribution is 2.07. The summed E-state index contributed by atoms with van der Waals surface area (Å²) in [6.07, 6.45) is -0.765. The van der Waals surface area contributed by atoms with Crippen molar-refractivity contribution in [1.29, 1.82) is 0 Å². The van der Waals surface area contributed by atoms with E-state index in [4.69, 9.17) is 4.74 Å². The Morgan fingerprint density at radius 1 is 1.18 bits per heavy atom. The van der Waals surface area contributed by atoms with Crippen LogP contribution in [-0.2, 0) is 14.3 Å². The molecule has 17 heavy (non-hydrogen) atoms. The van der Waals surface area contributed by atoms with Crippen molar-refractivity contribution in [3.05, 3.63) is 0 Å². The van der Waals surface area contributed by atoms with Crippen LogP contribution < -0.4 is 5.32 Å². The summed E-state index contributed by atoms with van der Waals surface area (Å²) in [5.74, 6) is -0.595. The Balaban J connectivity index is 4.02. The normalized spacial score (nSPS) is 11.2. The first-order valence-corrected chi connectivity index (χ1v) is 5.64. The Bertz CT molecular complexity index is 302. The third-order valence-corrected chi connectivity index (χ3v) is 1.63. The number of rotatable bonds is 4. The second kappa shape index (κ2) is 6.37. The van der Waals surface area contributed by atoms with Gasteiger partial charge in [-0.2, -0.15) is 0 Å².